The number of hydrogen-bond acceptors (Lipinski definition) is 6. The van der Waals surface area contributed by atoms with Gasteiger partial charge >= 0.3 is 0 Å². The molecular formula is C18H29N5O2. The number of anilines is 2. The van der Waals surface area contributed by atoms with Crippen LogP contribution < -0.4 is 10.2 Å². The summed E-state index contributed by atoms with van der Waals surface area (Å²) < 4.78 is 5.60. The highest BCUT2D eigenvalue weighted by atomic mass is 16.5. The van der Waals surface area contributed by atoms with Gasteiger partial charge in [-0.3, -0.25) is 4.79 Å². The third-order valence-electron chi connectivity index (χ3n) is 4.72. The van der Waals surface area contributed by atoms with E-state index in [1.807, 2.05) is 37.8 Å². The van der Waals surface area contributed by atoms with E-state index in [0.29, 0.717) is 0 Å². The Bertz CT molecular complexity index is 570. The number of piperazine rings is 1. The topological polar surface area (TPSA) is 70.6 Å². The zero-order valence-electron chi connectivity index (χ0n) is 15.5. The minimum atomic E-state index is -0.321. The largest absolute Gasteiger partial charge is 0.376 e. The molecule has 1 atom stereocenters. The van der Waals surface area contributed by atoms with Gasteiger partial charge in [0.2, 0.25) is 5.91 Å². The minimum absolute atomic E-state index is 0.215. The van der Waals surface area contributed by atoms with Crippen LogP contribution in [0, 0.1) is 5.41 Å². The molecule has 1 unspecified atom stereocenters. The molecule has 0 saturated carbocycles. The van der Waals surface area contributed by atoms with E-state index in [4.69, 9.17) is 4.74 Å². The fourth-order valence-corrected chi connectivity index (χ4v) is 3.22. The lowest BCUT2D eigenvalue weighted by atomic mass is 9.94. The van der Waals surface area contributed by atoms with Gasteiger partial charge in [0, 0.05) is 44.7 Å². The van der Waals surface area contributed by atoms with Gasteiger partial charge in [-0.2, -0.15) is 0 Å². The second-order valence-corrected chi connectivity index (χ2v) is 7.82. The van der Waals surface area contributed by atoms with Crippen LogP contribution in [-0.2, 0) is 9.53 Å². The molecule has 1 aromatic heterocycles. The van der Waals surface area contributed by atoms with Gasteiger partial charge in [-0.25, -0.2) is 0 Å². The summed E-state index contributed by atoms with van der Waals surface area (Å²) in [5.74, 6) is 1.86. The van der Waals surface area contributed by atoms with Crippen LogP contribution in [0.2, 0.25) is 0 Å². The highest BCUT2D eigenvalue weighted by Crippen LogP contribution is 2.20. The van der Waals surface area contributed by atoms with E-state index in [-0.39, 0.29) is 17.4 Å². The molecule has 0 aromatic carbocycles. The Kier molecular flexibility index (Phi) is 5.42. The van der Waals surface area contributed by atoms with Crippen LogP contribution in [0.15, 0.2) is 12.1 Å². The predicted molar refractivity (Wildman–Crippen MR) is 97.7 cm³/mol. The molecule has 2 fully saturated rings. The SMILES string of the molecule is CC(C)(C)C(=O)N1CCN(c2ccc(NCC3CCCO3)nn2)CC1. The molecule has 0 radical (unpaired) electrons. The zero-order valence-corrected chi connectivity index (χ0v) is 15.5. The van der Waals surface area contributed by atoms with Crippen molar-refractivity contribution in [1.82, 2.24) is 15.1 Å². The number of nitrogens with zero attached hydrogens (tertiary/aromatic N) is 4. The lowest BCUT2D eigenvalue weighted by Gasteiger charge is -2.38. The quantitative estimate of drug-likeness (QED) is 0.895. The summed E-state index contributed by atoms with van der Waals surface area (Å²) in [4.78, 5) is 16.5. The van der Waals surface area contributed by atoms with Crippen molar-refractivity contribution < 1.29 is 9.53 Å². The summed E-state index contributed by atoms with van der Waals surface area (Å²) in [6.07, 6.45) is 2.53. The molecule has 0 aliphatic carbocycles. The molecular weight excluding hydrogens is 318 g/mol. The number of carbonyl (C=O) groups excluding carboxylic acids is 1. The van der Waals surface area contributed by atoms with Crippen LogP contribution in [0.5, 0.6) is 0 Å². The van der Waals surface area contributed by atoms with Gasteiger partial charge in [-0.05, 0) is 25.0 Å². The lowest BCUT2D eigenvalue weighted by Crippen LogP contribution is -2.51. The fourth-order valence-electron chi connectivity index (χ4n) is 3.22. The first-order chi connectivity index (χ1) is 11.9. The van der Waals surface area contributed by atoms with Crippen molar-refractivity contribution in [3.05, 3.63) is 12.1 Å². The van der Waals surface area contributed by atoms with E-state index in [1.165, 1.54) is 0 Å². The zero-order chi connectivity index (χ0) is 17.9. The van der Waals surface area contributed by atoms with E-state index < -0.39 is 0 Å². The third kappa shape index (κ3) is 4.60. The molecule has 2 aliphatic rings. The Hall–Kier alpha value is -1.89. The van der Waals surface area contributed by atoms with Gasteiger partial charge in [-0.1, -0.05) is 20.8 Å². The lowest BCUT2D eigenvalue weighted by molar-refractivity contribution is -0.139. The Balaban J connectivity index is 1.49. The summed E-state index contributed by atoms with van der Waals surface area (Å²) in [6, 6.07) is 3.95. The summed E-state index contributed by atoms with van der Waals surface area (Å²) in [7, 11) is 0. The van der Waals surface area contributed by atoms with Crippen LogP contribution in [0.25, 0.3) is 0 Å². The molecule has 138 valence electrons. The van der Waals surface area contributed by atoms with Gasteiger partial charge in [-0.15, -0.1) is 10.2 Å². The van der Waals surface area contributed by atoms with E-state index in [2.05, 4.69) is 20.4 Å². The normalized spacial score (nSPS) is 21.5. The summed E-state index contributed by atoms with van der Waals surface area (Å²) in [5.41, 5.74) is -0.321. The van der Waals surface area contributed by atoms with Crippen molar-refractivity contribution in [2.75, 3.05) is 49.5 Å². The maximum atomic E-state index is 12.3. The van der Waals surface area contributed by atoms with Gasteiger partial charge in [0.1, 0.15) is 5.82 Å². The third-order valence-corrected chi connectivity index (χ3v) is 4.72. The van der Waals surface area contributed by atoms with Crippen LogP contribution >= 0.6 is 0 Å². The second kappa shape index (κ2) is 7.56. The Morgan fingerprint density at radius 2 is 2.00 bits per heavy atom. The molecule has 3 rings (SSSR count). The summed E-state index contributed by atoms with van der Waals surface area (Å²) in [5, 5.41) is 11.9. The molecule has 7 heteroatoms. The van der Waals surface area contributed by atoms with E-state index in [0.717, 1.165) is 63.8 Å². The highest BCUT2D eigenvalue weighted by Gasteiger charge is 2.30. The van der Waals surface area contributed by atoms with Crippen molar-refractivity contribution in [1.29, 1.82) is 0 Å². The van der Waals surface area contributed by atoms with E-state index in [1.54, 1.807) is 0 Å². The maximum absolute atomic E-state index is 12.3. The summed E-state index contributed by atoms with van der Waals surface area (Å²) >= 11 is 0. The van der Waals surface area contributed by atoms with Crippen LogP contribution in [0.1, 0.15) is 33.6 Å². The molecule has 1 N–H and O–H groups in total. The minimum Gasteiger partial charge on any atom is -0.376 e. The van der Waals surface area contributed by atoms with Crippen molar-refractivity contribution in [2.24, 2.45) is 5.41 Å². The van der Waals surface area contributed by atoms with Gasteiger partial charge in [0.05, 0.1) is 6.10 Å². The molecule has 0 bridgehead atoms. The Labute approximate surface area is 149 Å². The molecule has 2 aliphatic heterocycles. The number of ether oxygens (including phenoxy) is 1. The Morgan fingerprint density at radius 1 is 1.24 bits per heavy atom. The average Bonchev–Trinajstić information content (AvgIpc) is 3.13. The number of aromatic nitrogens is 2. The standard InChI is InChI=1S/C18H29N5O2/c1-18(2,3)17(24)23-10-8-22(9-11-23)16-7-6-15(20-21-16)19-13-14-5-4-12-25-14/h6-7,14H,4-5,8-13H2,1-3H3,(H,19,20). The first kappa shape index (κ1) is 17.9. The number of rotatable bonds is 4. The van der Waals surface area contributed by atoms with Crippen molar-refractivity contribution in [2.45, 2.75) is 39.7 Å². The van der Waals surface area contributed by atoms with Crippen LogP contribution in [0.4, 0.5) is 11.6 Å². The van der Waals surface area contributed by atoms with Gasteiger partial charge in [0.25, 0.3) is 0 Å². The molecule has 7 nitrogen and oxygen atoms in total. The molecule has 2 saturated heterocycles. The van der Waals surface area contributed by atoms with E-state index in [9.17, 15) is 4.79 Å². The fraction of sp³-hybridized carbons (Fsp3) is 0.722. The van der Waals surface area contributed by atoms with E-state index >= 15 is 0 Å². The molecule has 25 heavy (non-hydrogen) atoms. The molecule has 3 heterocycles. The van der Waals surface area contributed by atoms with Crippen LogP contribution in [-0.4, -0.2) is 66.4 Å². The van der Waals surface area contributed by atoms with Crippen molar-refractivity contribution >= 4 is 17.5 Å². The predicted octanol–water partition coefficient (Wildman–Crippen LogP) is 1.76. The van der Waals surface area contributed by atoms with Gasteiger partial charge in [0.15, 0.2) is 5.82 Å². The molecule has 1 aromatic rings. The number of amides is 1. The number of carbonyl (C=O) groups is 1. The highest BCUT2D eigenvalue weighted by molar-refractivity contribution is 5.81. The number of hydrogen-bond donors (Lipinski definition) is 1. The number of nitrogens with one attached hydrogen (secondary N) is 1. The first-order valence-electron chi connectivity index (χ1n) is 9.17. The maximum Gasteiger partial charge on any atom is 0.228 e. The first-order valence-corrected chi connectivity index (χ1v) is 9.17. The smallest absolute Gasteiger partial charge is 0.228 e. The monoisotopic (exact) mass is 347 g/mol. The second-order valence-electron chi connectivity index (χ2n) is 7.82. The van der Waals surface area contributed by atoms with Crippen molar-refractivity contribution in [3.8, 4) is 0 Å². The van der Waals surface area contributed by atoms with Crippen LogP contribution in [0.3, 0.4) is 0 Å². The molecule has 1 amide bonds. The summed E-state index contributed by atoms with van der Waals surface area (Å²) in [6.45, 7) is 10.6. The molecule has 0 spiro atoms. The van der Waals surface area contributed by atoms with Gasteiger partial charge < -0.3 is 19.9 Å². The Morgan fingerprint density at radius 3 is 2.56 bits per heavy atom. The average molecular weight is 347 g/mol. The van der Waals surface area contributed by atoms with Crippen molar-refractivity contribution in [3.63, 3.8) is 0 Å².